The lowest BCUT2D eigenvalue weighted by Gasteiger charge is -2.37. The van der Waals surface area contributed by atoms with Crippen molar-refractivity contribution < 1.29 is 23.8 Å². The topological polar surface area (TPSA) is 77.1 Å². The summed E-state index contributed by atoms with van der Waals surface area (Å²) in [5.41, 5.74) is -0.0438. The van der Waals surface area contributed by atoms with Gasteiger partial charge in [0.05, 0.1) is 7.11 Å². The highest BCUT2D eigenvalue weighted by atomic mass is 35.5. The smallest absolute Gasteiger partial charge is 0.229 e. The second kappa shape index (κ2) is 9.22. The van der Waals surface area contributed by atoms with Gasteiger partial charge in [-0.15, -0.1) is 12.4 Å². The van der Waals surface area contributed by atoms with Crippen LogP contribution in [0.5, 0.6) is 17.2 Å². The highest BCUT2D eigenvalue weighted by molar-refractivity contribution is 5.98. The number of fused-ring (bicyclic) bond motifs is 1. The number of halogens is 1. The van der Waals surface area contributed by atoms with Crippen LogP contribution in [0.25, 0.3) is 0 Å². The van der Waals surface area contributed by atoms with E-state index in [1.807, 2.05) is 18.2 Å². The Balaban J connectivity index is 0.00000240. The molecule has 8 heteroatoms. The van der Waals surface area contributed by atoms with Crippen molar-refractivity contribution in [3.63, 3.8) is 0 Å². The lowest BCUT2D eigenvalue weighted by molar-refractivity contribution is -0.153. The van der Waals surface area contributed by atoms with Crippen LogP contribution in [0, 0.1) is 5.41 Å². The molecule has 1 aliphatic carbocycles. The first-order valence-electron chi connectivity index (χ1n) is 10.1. The maximum atomic E-state index is 12.5. The monoisotopic (exact) mass is 424 g/mol. The standard InChI is InChI=1S/C21H28N2O5.ClH/c1-26-16-5-4-6-17-20(16)28-15(14-27-17)13-22-9-10-23-18(24)11-21(12-19(23)25)7-2-3-8-21;/h4-6,15,22H,2-3,7-14H2,1H3;1H. The van der Waals surface area contributed by atoms with E-state index in [4.69, 9.17) is 14.2 Å². The van der Waals surface area contributed by atoms with Gasteiger partial charge in [0, 0.05) is 32.5 Å². The van der Waals surface area contributed by atoms with Gasteiger partial charge in [0.15, 0.2) is 11.5 Å². The summed E-state index contributed by atoms with van der Waals surface area (Å²) in [5, 5.41) is 3.28. The lowest BCUT2D eigenvalue weighted by atomic mass is 9.76. The second-order valence-corrected chi connectivity index (χ2v) is 8.04. The molecule has 7 nitrogen and oxygen atoms in total. The van der Waals surface area contributed by atoms with E-state index >= 15 is 0 Å². The number of likely N-dealkylation sites (tertiary alicyclic amines) is 1. The van der Waals surface area contributed by atoms with Crippen LogP contribution in [0.3, 0.4) is 0 Å². The zero-order valence-electron chi connectivity index (χ0n) is 16.8. The summed E-state index contributed by atoms with van der Waals surface area (Å²) in [5.74, 6) is 1.91. The van der Waals surface area contributed by atoms with Crippen molar-refractivity contribution in [1.82, 2.24) is 10.2 Å². The van der Waals surface area contributed by atoms with Crippen molar-refractivity contribution >= 4 is 24.2 Å². The van der Waals surface area contributed by atoms with E-state index in [1.54, 1.807) is 7.11 Å². The first-order valence-corrected chi connectivity index (χ1v) is 10.1. The Labute approximate surface area is 177 Å². The van der Waals surface area contributed by atoms with Crippen LogP contribution in [-0.4, -0.2) is 56.2 Å². The summed E-state index contributed by atoms with van der Waals surface area (Å²) >= 11 is 0. The molecule has 0 radical (unpaired) electrons. The summed E-state index contributed by atoms with van der Waals surface area (Å²) in [6.07, 6.45) is 5.20. The number of ether oxygens (including phenoxy) is 3. The van der Waals surface area contributed by atoms with Crippen LogP contribution in [-0.2, 0) is 9.59 Å². The molecule has 3 aliphatic rings. The van der Waals surface area contributed by atoms with E-state index in [9.17, 15) is 9.59 Å². The summed E-state index contributed by atoms with van der Waals surface area (Å²) in [6.45, 7) is 1.96. The fraction of sp³-hybridized carbons (Fsp3) is 0.619. The second-order valence-electron chi connectivity index (χ2n) is 8.04. The number of rotatable bonds is 6. The van der Waals surface area contributed by atoms with Crippen molar-refractivity contribution in [2.24, 2.45) is 5.41 Å². The van der Waals surface area contributed by atoms with Gasteiger partial charge in [0.1, 0.15) is 12.7 Å². The number of amides is 2. The molecule has 1 saturated heterocycles. The van der Waals surface area contributed by atoms with Crippen LogP contribution in [0.4, 0.5) is 0 Å². The van der Waals surface area contributed by atoms with Crippen LogP contribution in [0.1, 0.15) is 38.5 Å². The van der Waals surface area contributed by atoms with Gasteiger partial charge in [-0.3, -0.25) is 14.5 Å². The average molecular weight is 425 g/mol. The fourth-order valence-corrected chi connectivity index (χ4v) is 4.59. The number of hydrogen-bond acceptors (Lipinski definition) is 6. The minimum Gasteiger partial charge on any atom is -0.493 e. The largest absolute Gasteiger partial charge is 0.493 e. The fourth-order valence-electron chi connectivity index (χ4n) is 4.59. The molecule has 160 valence electrons. The van der Waals surface area contributed by atoms with Gasteiger partial charge in [-0.25, -0.2) is 0 Å². The Kier molecular flexibility index (Phi) is 6.90. The molecule has 1 aromatic rings. The Bertz CT molecular complexity index is 716. The van der Waals surface area contributed by atoms with Gasteiger partial charge < -0.3 is 19.5 Å². The van der Waals surface area contributed by atoms with Crippen molar-refractivity contribution in [3.8, 4) is 17.2 Å². The molecule has 1 spiro atoms. The molecular formula is C21H29ClN2O5. The van der Waals surface area contributed by atoms with Gasteiger partial charge in [-0.05, 0) is 30.4 Å². The Morgan fingerprint density at radius 1 is 1.21 bits per heavy atom. The van der Waals surface area contributed by atoms with Crippen molar-refractivity contribution in [2.75, 3.05) is 33.4 Å². The van der Waals surface area contributed by atoms with E-state index in [-0.39, 0.29) is 35.7 Å². The highest BCUT2D eigenvalue weighted by Crippen LogP contribution is 2.46. The average Bonchev–Trinajstić information content (AvgIpc) is 3.13. The van der Waals surface area contributed by atoms with E-state index in [1.165, 1.54) is 4.90 Å². The van der Waals surface area contributed by atoms with Crippen molar-refractivity contribution in [2.45, 2.75) is 44.6 Å². The first kappa shape index (κ1) is 21.7. The van der Waals surface area contributed by atoms with E-state index < -0.39 is 0 Å². The molecule has 2 heterocycles. The molecule has 0 bridgehead atoms. The highest BCUT2D eigenvalue weighted by Gasteiger charge is 2.44. The Morgan fingerprint density at radius 3 is 2.62 bits per heavy atom. The molecule has 2 aliphatic heterocycles. The maximum Gasteiger partial charge on any atom is 0.229 e. The minimum absolute atomic E-state index is 0. The first-order chi connectivity index (χ1) is 13.6. The maximum absolute atomic E-state index is 12.5. The molecule has 0 aromatic heterocycles. The zero-order chi connectivity index (χ0) is 19.6. The number of nitrogens with zero attached hydrogens (tertiary/aromatic N) is 1. The third kappa shape index (κ3) is 4.61. The Hall–Kier alpha value is -1.99. The van der Waals surface area contributed by atoms with E-state index in [0.29, 0.717) is 56.3 Å². The number of carbonyl (C=O) groups excluding carboxylic acids is 2. The molecular weight excluding hydrogens is 396 g/mol. The van der Waals surface area contributed by atoms with Crippen LogP contribution in [0.15, 0.2) is 18.2 Å². The molecule has 2 amide bonds. The third-order valence-corrected chi connectivity index (χ3v) is 6.07. The zero-order valence-corrected chi connectivity index (χ0v) is 17.6. The molecule has 1 unspecified atom stereocenters. The van der Waals surface area contributed by atoms with Gasteiger partial charge in [-0.2, -0.15) is 0 Å². The quantitative estimate of drug-likeness (QED) is 0.558. The summed E-state index contributed by atoms with van der Waals surface area (Å²) < 4.78 is 17.1. The van der Waals surface area contributed by atoms with Crippen molar-refractivity contribution in [1.29, 1.82) is 0 Å². The van der Waals surface area contributed by atoms with E-state index in [0.717, 1.165) is 25.7 Å². The molecule has 29 heavy (non-hydrogen) atoms. The molecule has 1 atom stereocenters. The number of carbonyl (C=O) groups is 2. The molecule has 1 N–H and O–H groups in total. The van der Waals surface area contributed by atoms with Gasteiger partial charge >= 0.3 is 0 Å². The SMILES string of the molecule is COc1cccc2c1OC(CNCCN1C(=O)CC3(CCCC3)CC1=O)CO2.Cl. The van der Waals surface area contributed by atoms with Crippen molar-refractivity contribution in [3.05, 3.63) is 18.2 Å². The summed E-state index contributed by atoms with van der Waals surface area (Å²) in [7, 11) is 1.60. The predicted molar refractivity (Wildman–Crippen MR) is 110 cm³/mol. The lowest BCUT2D eigenvalue weighted by Crippen LogP contribution is -2.50. The number of piperidine rings is 1. The summed E-state index contributed by atoms with van der Waals surface area (Å²) in [4.78, 5) is 26.4. The number of para-hydroxylation sites is 1. The molecule has 1 aromatic carbocycles. The molecule has 1 saturated carbocycles. The number of imide groups is 1. The van der Waals surface area contributed by atoms with Gasteiger partial charge in [0.25, 0.3) is 0 Å². The van der Waals surface area contributed by atoms with Gasteiger partial charge in [-0.1, -0.05) is 18.9 Å². The van der Waals surface area contributed by atoms with Crippen LogP contribution >= 0.6 is 12.4 Å². The number of benzene rings is 1. The Morgan fingerprint density at radius 2 is 1.93 bits per heavy atom. The predicted octanol–water partition coefficient (Wildman–Crippen LogP) is 2.56. The molecule has 2 fully saturated rings. The summed E-state index contributed by atoms with van der Waals surface area (Å²) in [6, 6.07) is 5.55. The van der Waals surface area contributed by atoms with Gasteiger partial charge in [0.2, 0.25) is 17.6 Å². The van der Waals surface area contributed by atoms with Crippen LogP contribution in [0.2, 0.25) is 0 Å². The minimum atomic E-state index is -0.154. The normalized spacial score (nSPS) is 22.5. The third-order valence-electron chi connectivity index (χ3n) is 6.07. The van der Waals surface area contributed by atoms with E-state index in [2.05, 4.69) is 5.32 Å². The number of nitrogens with one attached hydrogen (secondary N) is 1. The molecule has 4 rings (SSSR count). The number of methoxy groups -OCH3 is 1. The van der Waals surface area contributed by atoms with Crippen LogP contribution < -0.4 is 19.5 Å². The number of hydrogen-bond donors (Lipinski definition) is 1.